The van der Waals surface area contributed by atoms with E-state index in [1.54, 1.807) is 0 Å². The molecule has 23 heavy (non-hydrogen) atoms. The zero-order valence-electron chi connectivity index (χ0n) is 11.2. The van der Waals surface area contributed by atoms with E-state index in [0.29, 0.717) is 4.90 Å². The van der Waals surface area contributed by atoms with E-state index in [2.05, 4.69) is 0 Å². The summed E-state index contributed by atoms with van der Waals surface area (Å²) in [4.78, 5) is 12.3. The summed E-state index contributed by atoms with van der Waals surface area (Å²) in [5, 5.41) is -1.35. The number of piperazine rings is 1. The molecule has 3 nitrogen and oxygen atoms in total. The zero-order valence-corrected chi connectivity index (χ0v) is 11.9. The number of carbonyl (C=O) groups is 1. The first-order valence-corrected chi connectivity index (χ1v) is 6.56. The van der Waals surface area contributed by atoms with Crippen LogP contribution in [0.4, 0.5) is 36.4 Å². The Balaban J connectivity index is 2.23. The van der Waals surface area contributed by atoms with E-state index >= 15 is 0 Å². The van der Waals surface area contributed by atoms with Crippen LogP contribution in [0.15, 0.2) is 0 Å². The number of halogens is 8. The predicted octanol–water partition coefficient (Wildman–Crippen LogP) is 3.11. The van der Waals surface area contributed by atoms with Gasteiger partial charge in [0.05, 0.1) is 0 Å². The minimum absolute atomic E-state index is 0.434. The number of nitrogens with zero attached hydrogens (tertiary/aromatic N) is 2. The number of hydrogen-bond donors (Lipinski definition) is 0. The van der Waals surface area contributed by atoms with Crippen molar-refractivity contribution in [2.45, 2.75) is 6.18 Å². The van der Waals surface area contributed by atoms with Crippen molar-refractivity contribution < 1.29 is 35.5 Å². The Morgan fingerprint density at radius 2 is 1.30 bits per heavy atom. The fourth-order valence-electron chi connectivity index (χ4n) is 2.18. The minimum atomic E-state index is -5.07. The van der Waals surface area contributed by atoms with Crippen molar-refractivity contribution in [3.63, 3.8) is 0 Å². The van der Waals surface area contributed by atoms with Gasteiger partial charge < -0.3 is 9.80 Å². The first-order chi connectivity index (χ1) is 10.6. The van der Waals surface area contributed by atoms with Crippen molar-refractivity contribution in [1.29, 1.82) is 0 Å². The highest BCUT2D eigenvalue weighted by Gasteiger charge is 2.43. The topological polar surface area (TPSA) is 23.6 Å². The fourth-order valence-corrected chi connectivity index (χ4v) is 2.35. The Bertz CT molecular complexity index is 612. The van der Waals surface area contributed by atoms with Crippen molar-refractivity contribution >= 4 is 23.2 Å². The molecule has 1 heterocycles. The second kappa shape index (κ2) is 6.06. The van der Waals surface area contributed by atoms with Gasteiger partial charge in [0.2, 0.25) is 0 Å². The molecule has 0 bridgehead atoms. The van der Waals surface area contributed by atoms with E-state index in [-0.39, 0.29) is 0 Å². The highest BCUT2D eigenvalue weighted by atomic mass is 35.5. The number of hydrogen-bond acceptors (Lipinski definition) is 2. The van der Waals surface area contributed by atoms with Crippen LogP contribution in [0.1, 0.15) is 0 Å². The van der Waals surface area contributed by atoms with Crippen molar-refractivity contribution in [3.8, 4) is 0 Å². The van der Waals surface area contributed by atoms with Crippen molar-refractivity contribution in [1.82, 2.24) is 4.90 Å². The van der Waals surface area contributed by atoms with Gasteiger partial charge in [-0.2, -0.15) is 13.2 Å². The lowest BCUT2D eigenvalue weighted by Crippen LogP contribution is -2.52. The molecule has 1 saturated heterocycles. The molecule has 1 aliphatic rings. The summed E-state index contributed by atoms with van der Waals surface area (Å²) in [6, 6.07) is 0. The minimum Gasteiger partial charge on any atom is -0.363 e. The smallest absolute Gasteiger partial charge is 0.363 e. The van der Waals surface area contributed by atoms with Crippen LogP contribution in [0.2, 0.25) is 5.02 Å². The lowest BCUT2D eigenvalue weighted by atomic mass is 10.2. The molecule has 128 valence electrons. The largest absolute Gasteiger partial charge is 0.471 e. The van der Waals surface area contributed by atoms with Gasteiger partial charge >= 0.3 is 12.1 Å². The zero-order chi connectivity index (χ0) is 17.5. The van der Waals surface area contributed by atoms with Gasteiger partial charge in [-0.05, 0) is 0 Å². The van der Waals surface area contributed by atoms with Gasteiger partial charge in [-0.1, -0.05) is 11.6 Å². The Morgan fingerprint density at radius 3 is 1.70 bits per heavy atom. The van der Waals surface area contributed by atoms with Gasteiger partial charge in [-0.25, -0.2) is 17.6 Å². The Morgan fingerprint density at radius 1 is 0.870 bits per heavy atom. The van der Waals surface area contributed by atoms with Crippen LogP contribution in [-0.4, -0.2) is 43.2 Å². The molecule has 0 spiro atoms. The average molecular weight is 365 g/mol. The number of rotatable bonds is 1. The lowest BCUT2D eigenvalue weighted by molar-refractivity contribution is -0.185. The molecule has 0 N–H and O–H groups in total. The first kappa shape index (κ1) is 17.6. The Kier molecular flexibility index (Phi) is 4.65. The quantitative estimate of drug-likeness (QED) is 0.434. The molecule has 0 aromatic heterocycles. The van der Waals surface area contributed by atoms with Crippen LogP contribution in [0.25, 0.3) is 0 Å². The molecule has 0 unspecified atom stereocenters. The molecule has 1 aromatic carbocycles. The maximum absolute atomic E-state index is 13.8. The van der Waals surface area contributed by atoms with Crippen LogP contribution in [0, 0.1) is 23.3 Å². The van der Waals surface area contributed by atoms with E-state index < -0.39 is 72.2 Å². The molecule has 11 heteroatoms. The summed E-state index contributed by atoms with van der Waals surface area (Å²) < 4.78 is 91.2. The SMILES string of the molecule is O=C(N1CCN(c2c(F)c(F)c(Cl)c(F)c2F)CC1)C(F)(F)F. The van der Waals surface area contributed by atoms with Crippen molar-refractivity contribution in [2.24, 2.45) is 0 Å². The summed E-state index contributed by atoms with van der Waals surface area (Å²) in [6.45, 7) is -1.89. The molecule has 2 rings (SSSR count). The van der Waals surface area contributed by atoms with Crippen molar-refractivity contribution in [2.75, 3.05) is 31.1 Å². The van der Waals surface area contributed by atoms with Crippen LogP contribution in [0.5, 0.6) is 0 Å². The number of anilines is 1. The van der Waals surface area contributed by atoms with E-state index in [9.17, 15) is 35.5 Å². The number of carbonyl (C=O) groups excluding carboxylic acids is 1. The van der Waals surface area contributed by atoms with Gasteiger partial charge in [-0.3, -0.25) is 4.79 Å². The molecular weight excluding hydrogens is 357 g/mol. The fraction of sp³-hybridized carbons (Fsp3) is 0.417. The normalized spacial score (nSPS) is 16.0. The van der Waals surface area contributed by atoms with Crippen molar-refractivity contribution in [3.05, 3.63) is 28.3 Å². The third-order valence-electron chi connectivity index (χ3n) is 3.31. The molecule has 0 aliphatic carbocycles. The van der Waals surface area contributed by atoms with E-state index in [1.807, 2.05) is 0 Å². The lowest BCUT2D eigenvalue weighted by Gasteiger charge is -2.36. The van der Waals surface area contributed by atoms with Crippen LogP contribution >= 0.6 is 11.6 Å². The van der Waals surface area contributed by atoms with Gasteiger partial charge in [0.1, 0.15) is 10.7 Å². The monoisotopic (exact) mass is 364 g/mol. The number of amides is 1. The first-order valence-electron chi connectivity index (χ1n) is 6.18. The van der Waals surface area contributed by atoms with Crippen LogP contribution in [0.3, 0.4) is 0 Å². The van der Waals surface area contributed by atoms with E-state index in [0.717, 1.165) is 4.90 Å². The van der Waals surface area contributed by atoms with Gasteiger partial charge in [0.25, 0.3) is 0 Å². The number of benzene rings is 1. The predicted molar refractivity (Wildman–Crippen MR) is 66.1 cm³/mol. The molecule has 1 aliphatic heterocycles. The second-order valence-electron chi connectivity index (χ2n) is 4.70. The maximum Gasteiger partial charge on any atom is 0.471 e. The van der Waals surface area contributed by atoms with Crippen LogP contribution in [-0.2, 0) is 4.79 Å². The third kappa shape index (κ3) is 3.17. The summed E-state index contributed by atoms with van der Waals surface area (Å²) in [5.41, 5.74) is -1.07. The van der Waals surface area contributed by atoms with E-state index in [4.69, 9.17) is 11.6 Å². The summed E-state index contributed by atoms with van der Waals surface area (Å²) in [6.07, 6.45) is -5.07. The summed E-state index contributed by atoms with van der Waals surface area (Å²) in [5.74, 6) is -9.18. The maximum atomic E-state index is 13.8. The third-order valence-corrected chi connectivity index (χ3v) is 3.64. The highest BCUT2D eigenvalue weighted by molar-refractivity contribution is 6.31. The number of alkyl halides is 3. The molecule has 0 saturated carbocycles. The summed E-state index contributed by atoms with van der Waals surface area (Å²) in [7, 11) is 0. The van der Waals surface area contributed by atoms with E-state index in [1.165, 1.54) is 0 Å². The molecule has 1 amide bonds. The second-order valence-corrected chi connectivity index (χ2v) is 5.07. The van der Waals surface area contributed by atoms with Gasteiger partial charge in [0, 0.05) is 26.2 Å². The molecular formula is C12H8ClF7N2O. The molecule has 1 aromatic rings. The highest BCUT2D eigenvalue weighted by Crippen LogP contribution is 2.34. The van der Waals surface area contributed by atoms with Gasteiger partial charge in [-0.15, -0.1) is 0 Å². The standard InChI is InChI=1S/C12H8ClF7N2O/c13-5-6(14)8(16)10(9(17)7(5)15)21-1-3-22(4-2-21)11(23)12(18,19)20/h1-4H2. The van der Waals surface area contributed by atoms with Crippen LogP contribution < -0.4 is 4.90 Å². The summed E-state index contributed by atoms with van der Waals surface area (Å²) >= 11 is 5.09. The Hall–Kier alpha value is -1.71. The van der Waals surface area contributed by atoms with Gasteiger partial charge in [0.15, 0.2) is 23.3 Å². The molecule has 0 radical (unpaired) electrons. The Labute approximate surface area is 130 Å². The molecule has 0 atom stereocenters. The molecule has 1 fully saturated rings. The average Bonchev–Trinajstić information content (AvgIpc) is 2.50.